The van der Waals surface area contributed by atoms with E-state index in [2.05, 4.69) is 6.07 Å². The molecule has 0 fully saturated rings. The first kappa shape index (κ1) is 16.4. The van der Waals surface area contributed by atoms with Gasteiger partial charge in [0.1, 0.15) is 0 Å². The Kier molecular flexibility index (Phi) is 3.77. The first-order valence-corrected chi connectivity index (χ1v) is 9.22. The third-order valence-corrected chi connectivity index (χ3v) is 5.25. The molecule has 0 N–H and O–H groups in total. The van der Waals surface area contributed by atoms with Gasteiger partial charge in [-0.1, -0.05) is 97.1 Å². The molecule has 1 aliphatic carbocycles. The number of hydrogen-bond acceptors (Lipinski definition) is 2. The van der Waals surface area contributed by atoms with Crippen LogP contribution in [0.2, 0.25) is 0 Å². The van der Waals surface area contributed by atoms with E-state index in [4.69, 9.17) is 0 Å². The highest BCUT2D eigenvalue weighted by atomic mass is 16.2. The van der Waals surface area contributed by atoms with E-state index in [1.165, 1.54) is 0 Å². The molecule has 0 heterocycles. The molecule has 0 unspecified atom stereocenters. The van der Waals surface area contributed by atoms with Gasteiger partial charge in [-0.05, 0) is 27.8 Å². The normalized spacial score (nSPS) is 12.4. The molecule has 0 aromatic heterocycles. The van der Waals surface area contributed by atoms with Crippen LogP contribution in [0.3, 0.4) is 0 Å². The van der Waals surface area contributed by atoms with Crippen molar-refractivity contribution in [1.29, 1.82) is 0 Å². The van der Waals surface area contributed by atoms with Gasteiger partial charge in [0, 0.05) is 16.7 Å². The van der Waals surface area contributed by atoms with Crippen LogP contribution in [-0.4, -0.2) is 11.6 Å². The highest BCUT2D eigenvalue weighted by Crippen LogP contribution is 2.43. The number of fused-ring (bicyclic) bond motifs is 3. The first-order chi connectivity index (χ1) is 13.8. The van der Waals surface area contributed by atoms with Crippen molar-refractivity contribution in [2.45, 2.75) is 0 Å². The fraction of sp³-hybridized carbons (Fsp3) is 0. The molecule has 1 aliphatic rings. The van der Waals surface area contributed by atoms with Gasteiger partial charge >= 0.3 is 0 Å². The SMILES string of the molecule is O=C1C(=O)c2c(ccc(-c3ccccc3)c2-c2ccccc2)-c2ccccc21. The van der Waals surface area contributed by atoms with Crippen molar-refractivity contribution in [3.8, 4) is 33.4 Å². The maximum Gasteiger partial charge on any atom is 0.234 e. The van der Waals surface area contributed by atoms with E-state index in [1.807, 2.05) is 78.9 Å². The number of ketones is 2. The highest BCUT2D eigenvalue weighted by Gasteiger charge is 2.33. The van der Waals surface area contributed by atoms with E-state index in [9.17, 15) is 9.59 Å². The molecule has 0 radical (unpaired) electrons. The fourth-order valence-corrected chi connectivity index (χ4v) is 3.98. The van der Waals surface area contributed by atoms with Crippen LogP contribution >= 0.6 is 0 Å². The smallest absolute Gasteiger partial charge is 0.234 e. The second-order valence-electron chi connectivity index (χ2n) is 6.85. The molecule has 0 saturated heterocycles. The summed E-state index contributed by atoms with van der Waals surface area (Å²) >= 11 is 0. The number of hydrogen-bond donors (Lipinski definition) is 0. The molecule has 5 rings (SSSR count). The summed E-state index contributed by atoms with van der Waals surface area (Å²) in [6.07, 6.45) is 0. The van der Waals surface area contributed by atoms with Crippen molar-refractivity contribution in [2.75, 3.05) is 0 Å². The van der Waals surface area contributed by atoms with Crippen molar-refractivity contribution in [3.63, 3.8) is 0 Å². The van der Waals surface area contributed by atoms with E-state index in [0.717, 1.165) is 33.4 Å². The Hall–Kier alpha value is -3.78. The average molecular weight is 360 g/mol. The zero-order valence-electron chi connectivity index (χ0n) is 15.1. The standard InChI is InChI=1S/C26H16O2/c27-25-22-14-8-7-13-20(22)21-16-15-19(17-9-3-1-4-10-17)23(24(21)26(25)28)18-11-5-2-6-12-18/h1-16H. The summed E-state index contributed by atoms with van der Waals surface area (Å²) in [5, 5.41) is 0. The zero-order valence-corrected chi connectivity index (χ0v) is 15.1. The van der Waals surface area contributed by atoms with Gasteiger partial charge in [-0.15, -0.1) is 0 Å². The Labute approximate surface area is 163 Å². The molecule has 0 atom stereocenters. The number of carbonyl (C=O) groups is 2. The third kappa shape index (κ3) is 2.43. The Morgan fingerprint density at radius 2 is 0.893 bits per heavy atom. The maximum atomic E-state index is 13.2. The summed E-state index contributed by atoms with van der Waals surface area (Å²) in [7, 11) is 0. The lowest BCUT2D eigenvalue weighted by Crippen LogP contribution is -2.22. The Balaban J connectivity index is 1.91. The topological polar surface area (TPSA) is 34.1 Å². The summed E-state index contributed by atoms with van der Waals surface area (Å²) in [6, 6.07) is 31.2. The number of carbonyl (C=O) groups excluding carboxylic acids is 2. The average Bonchev–Trinajstić information content (AvgIpc) is 2.77. The summed E-state index contributed by atoms with van der Waals surface area (Å²) in [5.41, 5.74) is 6.32. The molecule has 4 aromatic carbocycles. The maximum absolute atomic E-state index is 13.2. The molecule has 0 amide bonds. The van der Waals surface area contributed by atoms with Crippen molar-refractivity contribution < 1.29 is 9.59 Å². The molecule has 0 aliphatic heterocycles. The van der Waals surface area contributed by atoms with Gasteiger partial charge in [-0.25, -0.2) is 0 Å². The van der Waals surface area contributed by atoms with E-state index >= 15 is 0 Å². The van der Waals surface area contributed by atoms with Crippen molar-refractivity contribution in [2.24, 2.45) is 0 Å². The Morgan fingerprint density at radius 3 is 1.57 bits per heavy atom. The van der Waals surface area contributed by atoms with Crippen LogP contribution < -0.4 is 0 Å². The minimum absolute atomic E-state index is 0.439. The van der Waals surface area contributed by atoms with Crippen LogP contribution in [0.5, 0.6) is 0 Å². The molecule has 0 spiro atoms. The molecule has 2 nitrogen and oxygen atoms in total. The second kappa shape index (κ2) is 6.43. The van der Waals surface area contributed by atoms with Crippen molar-refractivity contribution in [3.05, 3.63) is 108 Å². The van der Waals surface area contributed by atoms with Gasteiger partial charge in [0.2, 0.25) is 11.6 Å². The minimum Gasteiger partial charge on any atom is -0.285 e. The molecular weight excluding hydrogens is 344 g/mol. The van der Waals surface area contributed by atoms with Crippen LogP contribution in [0.1, 0.15) is 20.7 Å². The lowest BCUT2D eigenvalue weighted by Gasteiger charge is -2.23. The number of Topliss-reactive ketones (excluding diaryl/α,β-unsaturated/α-hetero) is 2. The molecule has 0 saturated carbocycles. The Morgan fingerprint density at radius 1 is 0.357 bits per heavy atom. The second-order valence-corrected chi connectivity index (χ2v) is 6.85. The third-order valence-electron chi connectivity index (χ3n) is 5.25. The lowest BCUT2D eigenvalue weighted by atomic mass is 9.78. The van der Waals surface area contributed by atoms with Crippen molar-refractivity contribution >= 4 is 11.6 Å². The first-order valence-electron chi connectivity index (χ1n) is 9.22. The van der Waals surface area contributed by atoms with E-state index in [0.29, 0.717) is 11.1 Å². The largest absolute Gasteiger partial charge is 0.285 e. The van der Waals surface area contributed by atoms with Gasteiger partial charge in [-0.3, -0.25) is 9.59 Å². The number of rotatable bonds is 2. The fourth-order valence-electron chi connectivity index (χ4n) is 3.98. The molecule has 132 valence electrons. The van der Waals surface area contributed by atoms with Gasteiger partial charge in [0.15, 0.2) is 0 Å². The van der Waals surface area contributed by atoms with Crippen LogP contribution in [0.25, 0.3) is 33.4 Å². The van der Waals surface area contributed by atoms with Crippen LogP contribution in [-0.2, 0) is 0 Å². The van der Waals surface area contributed by atoms with Crippen LogP contribution in [0, 0.1) is 0 Å². The summed E-state index contributed by atoms with van der Waals surface area (Å²) in [6.45, 7) is 0. The monoisotopic (exact) mass is 360 g/mol. The minimum atomic E-state index is -0.440. The van der Waals surface area contributed by atoms with Crippen LogP contribution in [0.4, 0.5) is 0 Å². The van der Waals surface area contributed by atoms with E-state index in [-0.39, 0.29) is 0 Å². The molecule has 0 bridgehead atoms. The zero-order chi connectivity index (χ0) is 19.1. The van der Waals surface area contributed by atoms with E-state index < -0.39 is 11.6 Å². The van der Waals surface area contributed by atoms with Gasteiger partial charge in [0.25, 0.3) is 0 Å². The highest BCUT2D eigenvalue weighted by molar-refractivity contribution is 6.54. The predicted octanol–water partition coefficient (Wildman–Crippen LogP) is 6.07. The summed E-state index contributed by atoms with van der Waals surface area (Å²) in [4.78, 5) is 26.1. The lowest BCUT2D eigenvalue weighted by molar-refractivity contribution is 0.0816. The summed E-state index contributed by atoms with van der Waals surface area (Å²) in [5.74, 6) is -0.879. The van der Waals surface area contributed by atoms with Gasteiger partial charge in [0.05, 0.1) is 0 Å². The van der Waals surface area contributed by atoms with Gasteiger partial charge < -0.3 is 0 Å². The quantitative estimate of drug-likeness (QED) is 0.407. The predicted molar refractivity (Wildman–Crippen MR) is 111 cm³/mol. The van der Waals surface area contributed by atoms with Crippen LogP contribution in [0.15, 0.2) is 97.1 Å². The molecular formula is C26H16O2. The molecule has 28 heavy (non-hydrogen) atoms. The molecule has 4 aromatic rings. The Bertz CT molecular complexity index is 1220. The number of benzene rings is 4. The van der Waals surface area contributed by atoms with E-state index in [1.54, 1.807) is 12.1 Å². The summed E-state index contributed by atoms with van der Waals surface area (Å²) < 4.78 is 0. The van der Waals surface area contributed by atoms with Crippen molar-refractivity contribution in [1.82, 2.24) is 0 Å². The van der Waals surface area contributed by atoms with Gasteiger partial charge in [-0.2, -0.15) is 0 Å². The molecule has 2 heteroatoms.